The van der Waals surface area contributed by atoms with E-state index in [2.05, 4.69) is 18.7 Å². The van der Waals surface area contributed by atoms with Gasteiger partial charge < -0.3 is 15.4 Å². The van der Waals surface area contributed by atoms with Gasteiger partial charge in [-0.25, -0.2) is 0 Å². The van der Waals surface area contributed by atoms with Gasteiger partial charge in [0.15, 0.2) is 0 Å². The van der Waals surface area contributed by atoms with E-state index in [1.807, 2.05) is 29.2 Å². The van der Waals surface area contributed by atoms with Crippen molar-refractivity contribution in [3.63, 3.8) is 0 Å². The first kappa shape index (κ1) is 17.7. The van der Waals surface area contributed by atoms with Gasteiger partial charge in [0.1, 0.15) is 11.3 Å². The van der Waals surface area contributed by atoms with Crippen molar-refractivity contribution in [1.82, 2.24) is 9.80 Å². The molecule has 2 heterocycles. The van der Waals surface area contributed by atoms with Crippen molar-refractivity contribution < 1.29 is 14.3 Å². The monoisotopic (exact) mass is 345 g/mol. The van der Waals surface area contributed by atoms with E-state index in [0.717, 1.165) is 17.9 Å². The third-order valence-electron chi connectivity index (χ3n) is 5.29. The average Bonchev–Trinajstić information content (AvgIpc) is 2.95. The zero-order chi connectivity index (χ0) is 18.2. The summed E-state index contributed by atoms with van der Waals surface area (Å²) in [5.41, 5.74) is 6.06. The van der Waals surface area contributed by atoms with E-state index in [1.165, 1.54) is 0 Å². The van der Waals surface area contributed by atoms with Gasteiger partial charge in [-0.15, -0.1) is 0 Å². The van der Waals surface area contributed by atoms with Crippen LogP contribution in [0.5, 0.6) is 5.75 Å². The molecule has 1 aromatic rings. The summed E-state index contributed by atoms with van der Waals surface area (Å²) in [6.45, 7) is 6.91. The molecule has 136 valence electrons. The van der Waals surface area contributed by atoms with E-state index in [1.54, 1.807) is 7.11 Å². The molecule has 0 aromatic heterocycles. The Morgan fingerprint density at radius 2 is 2.04 bits per heavy atom. The zero-order valence-corrected chi connectivity index (χ0v) is 15.2. The van der Waals surface area contributed by atoms with Crippen LogP contribution >= 0.6 is 0 Å². The second-order valence-corrected chi connectivity index (χ2v) is 7.64. The number of carbonyl (C=O) groups is 2. The van der Waals surface area contributed by atoms with E-state index in [-0.39, 0.29) is 17.7 Å². The number of ether oxygens (including phenoxy) is 1. The number of nitrogens with two attached hydrogens (primary N) is 1. The molecule has 6 nitrogen and oxygen atoms in total. The van der Waals surface area contributed by atoms with Crippen LogP contribution in [0.3, 0.4) is 0 Å². The highest BCUT2D eigenvalue weighted by atomic mass is 16.5. The first-order chi connectivity index (χ1) is 11.9. The lowest BCUT2D eigenvalue weighted by molar-refractivity contribution is -0.163. The average molecular weight is 345 g/mol. The minimum absolute atomic E-state index is 0.118. The quantitative estimate of drug-likeness (QED) is 0.787. The predicted octanol–water partition coefficient (Wildman–Crippen LogP) is 1.24. The molecule has 0 saturated carbocycles. The van der Waals surface area contributed by atoms with Crippen LogP contribution in [0.1, 0.15) is 25.8 Å². The molecule has 2 amide bonds. The lowest BCUT2D eigenvalue weighted by Gasteiger charge is -2.51. The van der Waals surface area contributed by atoms with Crippen LogP contribution in [0.2, 0.25) is 0 Å². The highest BCUT2D eigenvalue weighted by Crippen LogP contribution is 2.42. The van der Waals surface area contributed by atoms with Crippen LogP contribution in [0.15, 0.2) is 24.3 Å². The summed E-state index contributed by atoms with van der Waals surface area (Å²) >= 11 is 0. The molecule has 0 aliphatic carbocycles. The summed E-state index contributed by atoms with van der Waals surface area (Å²) in [4.78, 5) is 28.7. The van der Waals surface area contributed by atoms with Crippen LogP contribution in [-0.2, 0) is 16.1 Å². The van der Waals surface area contributed by atoms with E-state index >= 15 is 0 Å². The maximum atomic E-state index is 13.0. The second-order valence-electron chi connectivity index (χ2n) is 7.64. The highest BCUT2D eigenvalue weighted by molar-refractivity contribution is 5.94. The van der Waals surface area contributed by atoms with Gasteiger partial charge in [-0.3, -0.25) is 14.5 Å². The molecule has 2 saturated heterocycles. The number of amides is 2. The number of methoxy groups -OCH3 is 1. The van der Waals surface area contributed by atoms with Gasteiger partial charge in [0.25, 0.3) is 0 Å². The van der Waals surface area contributed by atoms with Crippen molar-refractivity contribution in [2.45, 2.75) is 32.4 Å². The second kappa shape index (κ2) is 6.67. The van der Waals surface area contributed by atoms with Crippen LogP contribution < -0.4 is 10.5 Å². The molecule has 1 aromatic carbocycles. The van der Waals surface area contributed by atoms with E-state index in [0.29, 0.717) is 32.0 Å². The van der Waals surface area contributed by atoms with Crippen molar-refractivity contribution >= 4 is 11.8 Å². The topological polar surface area (TPSA) is 75.9 Å². The Bertz CT molecular complexity index is 658. The SMILES string of the molecule is COc1ccc(CN2CC3(C[C@H](C(N)=O)CN3CC(C)C)C2=O)cc1. The third kappa shape index (κ3) is 3.23. The Morgan fingerprint density at radius 1 is 1.36 bits per heavy atom. The van der Waals surface area contributed by atoms with Gasteiger partial charge in [0, 0.05) is 26.2 Å². The summed E-state index contributed by atoms with van der Waals surface area (Å²) in [6, 6.07) is 7.76. The molecule has 6 heteroatoms. The van der Waals surface area contributed by atoms with Gasteiger partial charge in [-0.05, 0) is 30.0 Å². The molecule has 2 aliphatic heterocycles. The maximum Gasteiger partial charge on any atom is 0.245 e. The highest BCUT2D eigenvalue weighted by Gasteiger charge is 2.60. The number of benzene rings is 1. The lowest BCUT2D eigenvalue weighted by Crippen LogP contribution is -2.71. The van der Waals surface area contributed by atoms with Gasteiger partial charge in [0.05, 0.1) is 13.0 Å². The lowest BCUT2D eigenvalue weighted by atomic mass is 9.82. The standard InChI is InChI=1S/C19H27N3O3/c1-13(2)9-22-11-15(17(20)23)8-19(22)12-21(18(19)24)10-14-4-6-16(25-3)7-5-14/h4-7,13,15H,8-12H2,1-3H3,(H2,20,23)/t15-,19?/m0/s1. The van der Waals surface area contributed by atoms with E-state index < -0.39 is 5.54 Å². The Morgan fingerprint density at radius 3 is 2.56 bits per heavy atom. The molecule has 1 spiro atoms. The number of hydrogen-bond acceptors (Lipinski definition) is 4. The van der Waals surface area contributed by atoms with E-state index in [9.17, 15) is 9.59 Å². The molecule has 2 N–H and O–H groups in total. The van der Waals surface area contributed by atoms with Gasteiger partial charge in [0.2, 0.25) is 11.8 Å². The first-order valence-corrected chi connectivity index (χ1v) is 8.82. The first-order valence-electron chi connectivity index (χ1n) is 8.82. The molecule has 0 bridgehead atoms. The Hall–Kier alpha value is -2.08. The van der Waals surface area contributed by atoms with Crippen LogP contribution in [0.4, 0.5) is 0 Å². The molecular formula is C19H27N3O3. The van der Waals surface area contributed by atoms with Crippen molar-refractivity contribution in [2.24, 2.45) is 17.6 Å². The molecule has 2 aliphatic rings. The molecular weight excluding hydrogens is 318 g/mol. The van der Waals surface area contributed by atoms with Crippen molar-refractivity contribution in [2.75, 3.05) is 26.7 Å². The molecule has 3 rings (SSSR count). The predicted molar refractivity (Wildman–Crippen MR) is 94.9 cm³/mol. The third-order valence-corrected chi connectivity index (χ3v) is 5.29. The van der Waals surface area contributed by atoms with Crippen LogP contribution in [-0.4, -0.2) is 53.9 Å². The largest absolute Gasteiger partial charge is 0.497 e. The maximum absolute atomic E-state index is 13.0. The number of hydrogen-bond donors (Lipinski definition) is 1. The smallest absolute Gasteiger partial charge is 0.245 e. The normalized spacial score (nSPS) is 26.3. The number of nitrogens with zero attached hydrogens (tertiary/aromatic N) is 2. The van der Waals surface area contributed by atoms with Crippen LogP contribution in [0, 0.1) is 11.8 Å². The minimum Gasteiger partial charge on any atom is -0.497 e. The number of carbonyl (C=O) groups excluding carboxylic acids is 2. The Balaban J connectivity index is 1.70. The van der Waals surface area contributed by atoms with Crippen molar-refractivity contribution in [3.05, 3.63) is 29.8 Å². The number of rotatable bonds is 6. The molecule has 25 heavy (non-hydrogen) atoms. The molecule has 0 radical (unpaired) electrons. The molecule has 1 unspecified atom stereocenters. The summed E-state index contributed by atoms with van der Waals surface area (Å²) in [6.07, 6.45) is 0.549. The Kier molecular flexibility index (Phi) is 4.73. The summed E-state index contributed by atoms with van der Waals surface area (Å²) < 4.78 is 5.17. The summed E-state index contributed by atoms with van der Waals surface area (Å²) in [5.74, 6) is 0.830. The molecule has 2 fully saturated rings. The fourth-order valence-electron chi connectivity index (χ4n) is 4.05. The van der Waals surface area contributed by atoms with Crippen molar-refractivity contribution in [1.29, 1.82) is 0 Å². The fourth-order valence-corrected chi connectivity index (χ4v) is 4.05. The summed E-state index contributed by atoms with van der Waals surface area (Å²) in [5, 5.41) is 0. The molecule has 2 atom stereocenters. The van der Waals surface area contributed by atoms with Gasteiger partial charge in [-0.1, -0.05) is 26.0 Å². The van der Waals surface area contributed by atoms with E-state index in [4.69, 9.17) is 10.5 Å². The number of β-lactam (4-membered cyclic amide) rings is 1. The van der Waals surface area contributed by atoms with Gasteiger partial charge >= 0.3 is 0 Å². The minimum atomic E-state index is -0.531. The zero-order valence-electron chi connectivity index (χ0n) is 15.2. The Labute approximate surface area is 148 Å². The van der Waals surface area contributed by atoms with Crippen LogP contribution in [0.25, 0.3) is 0 Å². The number of likely N-dealkylation sites (tertiary alicyclic amines) is 2. The number of primary amides is 1. The summed E-state index contributed by atoms with van der Waals surface area (Å²) in [7, 11) is 1.64. The fraction of sp³-hybridized carbons (Fsp3) is 0.579. The van der Waals surface area contributed by atoms with Crippen molar-refractivity contribution in [3.8, 4) is 5.75 Å². The van der Waals surface area contributed by atoms with Gasteiger partial charge in [-0.2, -0.15) is 0 Å².